The molecule has 0 saturated carbocycles. The lowest BCUT2D eigenvalue weighted by Gasteiger charge is -2.13. The van der Waals surface area contributed by atoms with Crippen LogP contribution in [-0.4, -0.2) is 25.8 Å². The predicted molar refractivity (Wildman–Crippen MR) is 51.3 cm³/mol. The van der Waals surface area contributed by atoms with E-state index in [4.69, 9.17) is 4.74 Å². The van der Waals surface area contributed by atoms with Crippen LogP contribution in [0.25, 0.3) is 0 Å². The lowest BCUT2D eigenvalue weighted by atomic mass is 10.1. The van der Waals surface area contributed by atoms with Gasteiger partial charge in [-0.15, -0.1) is 0 Å². The van der Waals surface area contributed by atoms with Crippen molar-refractivity contribution in [3.63, 3.8) is 0 Å². The van der Waals surface area contributed by atoms with Gasteiger partial charge in [0.15, 0.2) is 0 Å². The third kappa shape index (κ3) is 3.55. The van der Waals surface area contributed by atoms with E-state index >= 15 is 0 Å². The van der Waals surface area contributed by atoms with Crippen LogP contribution >= 0.6 is 0 Å². The molecule has 0 aliphatic carbocycles. The fourth-order valence-electron chi connectivity index (χ4n) is 1.44. The maximum atomic E-state index is 5.51. The third-order valence-corrected chi connectivity index (χ3v) is 2.59. The first kappa shape index (κ1) is 10.0. The van der Waals surface area contributed by atoms with Gasteiger partial charge in [0.25, 0.3) is 0 Å². The van der Waals surface area contributed by atoms with Crippen LogP contribution in [-0.2, 0) is 4.74 Å². The Hall–Kier alpha value is -0.0800. The van der Waals surface area contributed by atoms with E-state index in [-0.39, 0.29) is 0 Å². The molecular weight excluding hydrogens is 150 g/mol. The van der Waals surface area contributed by atoms with Gasteiger partial charge in [0.1, 0.15) is 0 Å². The van der Waals surface area contributed by atoms with E-state index < -0.39 is 0 Å². The average Bonchev–Trinajstić information content (AvgIpc) is 2.57. The Morgan fingerprint density at radius 1 is 1.58 bits per heavy atom. The molecule has 1 aliphatic rings. The van der Waals surface area contributed by atoms with Gasteiger partial charge in [-0.25, -0.2) is 0 Å². The predicted octanol–water partition coefficient (Wildman–Crippen LogP) is 1.80. The minimum absolute atomic E-state index is 0.494. The number of hydrogen-bond acceptors (Lipinski definition) is 2. The summed E-state index contributed by atoms with van der Waals surface area (Å²) >= 11 is 0. The topological polar surface area (TPSA) is 21.3 Å². The fraction of sp³-hybridized carbons (Fsp3) is 1.00. The van der Waals surface area contributed by atoms with Crippen LogP contribution in [0.4, 0.5) is 0 Å². The SMILES string of the molecule is CC[C@H](C)CNC[C@H]1CCCO1. The molecule has 0 aromatic carbocycles. The Bertz CT molecular complexity index is 110. The van der Waals surface area contributed by atoms with Gasteiger partial charge in [-0.3, -0.25) is 0 Å². The van der Waals surface area contributed by atoms with Crippen LogP contribution in [0.2, 0.25) is 0 Å². The molecule has 0 aromatic rings. The van der Waals surface area contributed by atoms with Crippen molar-refractivity contribution in [1.29, 1.82) is 0 Å². The maximum Gasteiger partial charge on any atom is 0.0700 e. The molecule has 1 saturated heterocycles. The molecule has 0 radical (unpaired) electrons. The standard InChI is InChI=1S/C10H21NO/c1-3-9(2)7-11-8-10-5-4-6-12-10/h9-11H,3-8H2,1-2H3/t9-,10+/m0/s1. The highest BCUT2D eigenvalue weighted by Crippen LogP contribution is 2.10. The monoisotopic (exact) mass is 171 g/mol. The lowest BCUT2D eigenvalue weighted by molar-refractivity contribution is 0.109. The van der Waals surface area contributed by atoms with E-state index in [1.807, 2.05) is 0 Å². The van der Waals surface area contributed by atoms with Crippen molar-refractivity contribution < 1.29 is 4.74 Å². The van der Waals surface area contributed by atoms with E-state index in [1.54, 1.807) is 0 Å². The minimum Gasteiger partial charge on any atom is -0.377 e. The third-order valence-electron chi connectivity index (χ3n) is 2.59. The summed E-state index contributed by atoms with van der Waals surface area (Å²) in [7, 11) is 0. The molecule has 72 valence electrons. The molecule has 1 heterocycles. The summed E-state index contributed by atoms with van der Waals surface area (Å²) in [5, 5.41) is 3.45. The molecule has 1 N–H and O–H groups in total. The summed E-state index contributed by atoms with van der Waals surface area (Å²) in [4.78, 5) is 0. The number of rotatable bonds is 5. The molecule has 12 heavy (non-hydrogen) atoms. The molecule has 2 nitrogen and oxygen atoms in total. The molecule has 0 unspecified atom stereocenters. The fourth-order valence-corrected chi connectivity index (χ4v) is 1.44. The summed E-state index contributed by atoms with van der Waals surface area (Å²) < 4.78 is 5.51. The summed E-state index contributed by atoms with van der Waals surface area (Å²) in [6, 6.07) is 0. The molecule has 1 rings (SSSR count). The first-order valence-corrected chi connectivity index (χ1v) is 5.15. The van der Waals surface area contributed by atoms with Crippen molar-refractivity contribution in [2.75, 3.05) is 19.7 Å². The van der Waals surface area contributed by atoms with Crippen LogP contribution in [0.3, 0.4) is 0 Å². The van der Waals surface area contributed by atoms with E-state index in [1.165, 1.54) is 19.3 Å². The highest BCUT2D eigenvalue weighted by atomic mass is 16.5. The van der Waals surface area contributed by atoms with Crippen molar-refractivity contribution in [1.82, 2.24) is 5.32 Å². The highest BCUT2D eigenvalue weighted by molar-refractivity contribution is 4.68. The Labute approximate surface area is 75.7 Å². The molecule has 1 fully saturated rings. The minimum atomic E-state index is 0.494. The molecule has 0 amide bonds. The smallest absolute Gasteiger partial charge is 0.0700 e. The zero-order valence-electron chi connectivity index (χ0n) is 8.31. The quantitative estimate of drug-likeness (QED) is 0.681. The second-order valence-corrected chi connectivity index (χ2v) is 3.81. The second-order valence-electron chi connectivity index (χ2n) is 3.81. The Morgan fingerprint density at radius 3 is 3.00 bits per heavy atom. The van der Waals surface area contributed by atoms with Gasteiger partial charge in [0.05, 0.1) is 6.10 Å². The molecule has 1 aliphatic heterocycles. The van der Waals surface area contributed by atoms with Gasteiger partial charge in [-0.2, -0.15) is 0 Å². The van der Waals surface area contributed by atoms with Gasteiger partial charge < -0.3 is 10.1 Å². The van der Waals surface area contributed by atoms with E-state index in [2.05, 4.69) is 19.2 Å². The molecule has 0 spiro atoms. The first-order valence-electron chi connectivity index (χ1n) is 5.15. The second kappa shape index (κ2) is 5.55. The van der Waals surface area contributed by atoms with Crippen LogP contribution in [0, 0.1) is 5.92 Å². The van der Waals surface area contributed by atoms with Crippen molar-refractivity contribution in [2.24, 2.45) is 5.92 Å². The Kier molecular flexibility index (Phi) is 4.62. The van der Waals surface area contributed by atoms with Crippen molar-refractivity contribution in [3.05, 3.63) is 0 Å². The van der Waals surface area contributed by atoms with Gasteiger partial charge in [0.2, 0.25) is 0 Å². The zero-order valence-corrected chi connectivity index (χ0v) is 8.31. The highest BCUT2D eigenvalue weighted by Gasteiger charge is 2.14. The number of nitrogens with one attached hydrogen (secondary N) is 1. The average molecular weight is 171 g/mol. The van der Waals surface area contributed by atoms with Gasteiger partial charge in [0, 0.05) is 13.2 Å². The van der Waals surface area contributed by atoms with E-state index in [9.17, 15) is 0 Å². The molecule has 0 bridgehead atoms. The van der Waals surface area contributed by atoms with E-state index in [0.29, 0.717) is 6.10 Å². The Morgan fingerprint density at radius 2 is 2.42 bits per heavy atom. The molecule has 0 aromatic heterocycles. The summed E-state index contributed by atoms with van der Waals surface area (Å²) in [6.45, 7) is 7.66. The molecule has 2 heteroatoms. The summed E-state index contributed by atoms with van der Waals surface area (Å²) in [5.41, 5.74) is 0. The van der Waals surface area contributed by atoms with Crippen molar-refractivity contribution in [2.45, 2.75) is 39.2 Å². The lowest BCUT2D eigenvalue weighted by Crippen LogP contribution is -2.29. The van der Waals surface area contributed by atoms with Crippen LogP contribution < -0.4 is 5.32 Å². The normalized spacial score (nSPS) is 26.0. The maximum absolute atomic E-state index is 5.51. The van der Waals surface area contributed by atoms with Gasteiger partial charge in [-0.1, -0.05) is 20.3 Å². The molecule has 2 atom stereocenters. The van der Waals surface area contributed by atoms with Crippen LogP contribution in [0.5, 0.6) is 0 Å². The zero-order chi connectivity index (χ0) is 8.81. The van der Waals surface area contributed by atoms with Crippen molar-refractivity contribution in [3.8, 4) is 0 Å². The van der Waals surface area contributed by atoms with Crippen LogP contribution in [0.1, 0.15) is 33.1 Å². The summed E-state index contributed by atoms with van der Waals surface area (Å²) in [5.74, 6) is 0.798. The Balaban J connectivity index is 1.94. The van der Waals surface area contributed by atoms with Gasteiger partial charge in [-0.05, 0) is 25.3 Å². The molecular formula is C10H21NO. The largest absolute Gasteiger partial charge is 0.377 e. The van der Waals surface area contributed by atoms with Gasteiger partial charge >= 0.3 is 0 Å². The van der Waals surface area contributed by atoms with E-state index in [0.717, 1.165) is 25.6 Å². The van der Waals surface area contributed by atoms with Crippen LogP contribution in [0.15, 0.2) is 0 Å². The summed E-state index contributed by atoms with van der Waals surface area (Å²) in [6.07, 6.45) is 4.25. The van der Waals surface area contributed by atoms with Crippen molar-refractivity contribution >= 4 is 0 Å². The number of ether oxygens (including phenoxy) is 1. The first-order chi connectivity index (χ1) is 5.83. The number of hydrogen-bond donors (Lipinski definition) is 1.